The standard InChI is InChI=1S/C6H9NO2/c1-4(2)6(7-9)5(3)8/h9H,1H2,2-3H3/b7-6+. The molecule has 0 rings (SSSR count). The molecule has 0 heterocycles. The molecule has 0 saturated heterocycles. The molecule has 0 aliphatic rings. The largest absolute Gasteiger partial charge is 0.410 e. The number of ketones is 1. The maximum absolute atomic E-state index is 10.5. The molecule has 0 bridgehead atoms. The molecule has 0 fully saturated rings. The van der Waals surface area contributed by atoms with Crippen LogP contribution in [0.15, 0.2) is 17.3 Å². The molecule has 9 heavy (non-hydrogen) atoms. The van der Waals surface area contributed by atoms with Crippen molar-refractivity contribution in [1.82, 2.24) is 0 Å². The minimum absolute atomic E-state index is 0.0370. The van der Waals surface area contributed by atoms with Crippen LogP contribution in [-0.2, 0) is 4.79 Å². The van der Waals surface area contributed by atoms with Crippen LogP contribution in [0.4, 0.5) is 0 Å². The molecule has 0 aliphatic carbocycles. The lowest BCUT2D eigenvalue weighted by atomic mass is 10.1. The summed E-state index contributed by atoms with van der Waals surface area (Å²) in [7, 11) is 0. The SMILES string of the molecule is C=C(C)/C(=N\O)C(C)=O. The molecule has 0 radical (unpaired) electrons. The topological polar surface area (TPSA) is 49.7 Å². The Morgan fingerprint density at radius 1 is 1.56 bits per heavy atom. The molecule has 0 aromatic heterocycles. The summed E-state index contributed by atoms with van der Waals surface area (Å²) in [6, 6.07) is 0. The van der Waals surface area contributed by atoms with E-state index in [0.717, 1.165) is 0 Å². The summed E-state index contributed by atoms with van der Waals surface area (Å²) < 4.78 is 0. The van der Waals surface area contributed by atoms with Gasteiger partial charge in [-0.15, -0.1) is 0 Å². The number of nitrogens with zero attached hydrogens (tertiary/aromatic N) is 1. The summed E-state index contributed by atoms with van der Waals surface area (Å²) in [4.78, 5) is 10.5. The summed E-state index contributed by atoms with van der Waals surface area (Å²) in [5.74, 6) is -0.273. The van der Waals surface area contributed by atoms with Crippen LogP contribution in [0.2, 0.25) is 0 Å². The molecule has 0 aromatic carbocycles. The first-order chi connectivity index (χ1) is 4.09. The van der Waals surface area contributed by atoms with E-state index in [1.54, 1.807) is 6.92 Å². The van der Waals surface area contributed by atoms with Gasteiger partial charge >= 0.3 is 0 Å². The van der Waals surface area contributed by atoms with E-state index in [4.69, 9.17) is 5.21 Å². The van der Waals surface area contributed by atoms with Gasteiger partial charge in [0.2, 0.25) is 0 Å². The molecule has 0 unspecified atom stereocenters. The van der Waals surface area contributed by atoms with Gasteiger partial charge in [-0.3, -0.25) is 4.79 Å². The number of hydrogen-bond donors (Lipinski definition) is 1. The molecule has 0 aromatic rings. The van der Waals surface area contributed by atoms with Crippen LogP contribution in [0.1, 0.15) is 13.8 Å². The van der Waals surface area contributed by atoms with E-state index in [9.17, 15) is 4.79 Å². The lowest BCUT2D eigenvalue weighted by molar-refractivity contribution is -0.111. The van der Waals surface area contributed by atoms with Gasteiger partial charge in [0.15, 0.2) is 5.78 Å². The second-order valence-electron chi connectivity index (χ2n) is 1.79. The van der Waals surface area contributed by atoms with Gasteiger partial charge in [-0.25, -0.2) is 0 Å². The predicted octanol–water partition coefficient (Wildman–Crippen LogP) is 0.982. The first-order valence-corrected chi connectivity index (χ1v) is 2.48. The van der Waals surface area contributed by atoms with Gasteiger partial charge in [-0.2, -0.15) is 0 Å². The zero-order valence-electron chi connectivity index (χ0n) is 5.51. The van der Waals surface area contributed by atoms with E-state index in [0.29, 0.717) is 5.57 Å². The van der Waals surface area contributed by atoms with Crippen molar-refractivity contribution in [3.05, 3.63) is 12.2 Å². The number of oxime groups is 1. The molecular formula is C6H9NO2. The Bertz CT molecular complexity index is 154. The average molecular weight is 127 g/mol. The first kappa shape index (κ1) is 7.88. The van der Waals surface area contributed by atoms with Gasteiger partial charge in [0.25, 0.3) is 0 Å². The molecule has 0 amide bonds. The fourth-order valence-corrected chi connectivity index (χ4v) is 0.456. The van der Waals surface area contributed by atoms with Gasteiger partial charge in [0.1, 0.15) is 5.71 Å². The molecule has 0 aliphatic heterocycles. The fourth-order valence-electron chi connectivity index (χ4n) is 0.456. The highest BCUT2D eigenvalue weighted by Crippen LogP contribution is 1.92. The van der Waals surface area contributed by atoms with Crippen LogP contribution in [-0.4, -0.2) is 16.7 Å². The third-order valence-electron chi connectivity index (χ3n) is 0.838. The van der Waals surface area contributed by atoms with Crippen LogP contribution in [0.5, 0.6) is 0 Å². The lowest BCUT2D eigenvalue weighted by Crippen LogP contribution is -2.10. The Morgan fingerprint density at radius 3 is 2.00 bits per heavy atom. The van der Waals surface area contributed by atoms with Gasteiger partial charge < -0.3 is 5.21 Å². The Labute approximate surface area is 53.7 Å². The van der Waals surface area contributed by atoms with Gasteiger partial charge in [0.05, 0.1) is 0 Å². The number of Topliss-reactive ketones (excluding diaryl/α,β-unsaturated/α-hetero) is 1. The third-order valence-corrected chi connectivity index (χ3v) is 0.838. The molecule has 3 nitrogen and oxygen atoms in total. The summed E-state index contributed by atoms with van der Waals surface area (Å²) in [5, 5.41) is 10.9. The van der Waals surface area contributed by atoms with Crippen LogP contribution in [0.3, 0.4) is 0 Å². The number of hydrogen-bond acceptors (Lipinski definition) is 3. The summed E-state index contributed by atoms with van der Waals surface area (Å²) >= 11 is 0. The summed E-state index contributed by atoms with van der Waals surface area (Å²) in [5.41, 5.74) is 0.514. The number of carbonyl (C=O) groups excluding carboxylic acids is 1. The van der Waals surface area contributed by atoms with E-state index in [1.165, 1.54) is 6.92 Å². The fraction of sp³-hybridized carbons (Fsp3) is 0.333. The van der Waals surface area contributed by atoms with Crippen LogP contribution < -0.4 is 0 Å². The lowest BCUT2D eigenvalue weighted by Gasteiger charge is -1.94. The Balaban J connectivity index is 4.38. The van der Waals surface area contributed by atoms with Crippen molar-refractivity contribution in [1.29, 1.82) is 0 Å². The van der Waals surface area contributed by atoms with Gasteiger partial charge in [-0.05, 0) is 12.5 Å². The van der Waals surface area contributed by atoms with Crippen molar-refractivity contribution in [3.63, 3.8) is 0 Å². The second-order valence-corrected chi connectivity index (χ2v) is 1.79. The van der Waals surface area contributed by atoms with Crippen molar-refractivity contribution < 1.29 is 10.0 Å². The third kappa shape index (κ3) is 2.08. The van der Waals surface area contributed by atoms with Crippen molar-refractivity contribution >= 4 is 11.5 Å². The number of allylic oxidation sites excluding steroid dienone is 1. The van der Waals surface area contributed by atoms with E-state index >= 15 is 0 Å². The Hall–Kier alpha value is -1.12. The molecule has 50 valence electrons. The van der Waals surface area contributed by atoms with Crippen molar-refractivity contribution in [3.8, 4) is 0 Å². The maximum Gasteiger partial charge on any atom is 0.181 e. The molecule has 0 saturated carbocycles. The zero-order chi connectivity index (χ0) is 7.44. The van der Waals surface area contributed by atoms with E-state index < -0.39 is 0 Å². The molecule has 0 atom stereocenters. The highest BCUT2D eigenvalue weighted by molar-refractivity contribution is 6.44. The smallest absolute Gasteiger partial charge is 0.181 e. The van der Waals surface area contributed by atoms with Crippen molar-refractivity contribution in [2.45, 2.75) is 13.8 Å². The van der Waals surface area contributed by atoms with Crippen LogP contribution in [0, 0.1) is 0 Å². The average Bonchev–Trinajstić information content (AvgIpc) is 1.64. The van der Waals surface area contributed by atoms with Gasteiger partial charge in [0, 0.05) is 6.92 Å². The summed E-state index contributed by atoms with van der Waals surface area (Å²) in [6.45, 7) is 6.37. The monoisotopic (exact) mass is 127 g/mol. The quantitative estimate of drug-likeness (QED) is 0.341. The van der Waals surface area contributed by atoms with E-state index in [-0.39, 0.29) is 11.5 Å². The van der Waals surface area contributed by atoms with Gasteiger partial charge in [-0.1, -0.05) is 11.7 Å². The number of rotatable bonds is 2. The minimum atomic E-state index is -0.273. The predicted molar refractivity (Wildman–Crippen MR) is 34.7 cm³/mol. The van der Waals surface area contributed by atoms with Crippen LogP contribution >= 0.6 is 0 Å². The highest BCUT2D eigenvalue weighted by atomic mass is 16.4. The molecular weight excluding hydrogens is 118 g/mol. The molecule has 1 N–H and O–H groups in total. The minimum Gasteiger partial charge on any atom is -0.410 e. The van der Waals surface area contributed by atoms with Crippen LogP contribution in [0.25, 0.3) is 0 Å². The summed E-state index contributed by atoms with van der Waals surface area (Å²) in [6.07, 6.45) is 0. The second kappa shape index (κ2) is 3.02. The molecule has 3 heteroatoms. The maximum atomic E-state index is 10.5. The molecule has 0 spiro atoms. The first-order valence-electron chi connectivity index (χ1n) is 2.48. The zero-order valence-corrected chi connectivity index (χ0v) is 5.51. The number of carbonyl (C=O) groups is 1. The van der Waals surface area contributed by atoms with Crippen molar-refractivity contribution in [2.75, 3.05) is 0 Å². The normalized spacial score (nSPS) is 11.1. The van der Waals surface area contributed by atoms with E-state index in [1.807, 2.05) is 0 Å². The van der Waals surface area contributed by atoms with E-state index in [2.05, 4.69) is 11.7 Å². The van der Waals surface area contributed by atoms with Crippen molar-refractivity contribution in [2.24, 2.45) is 5.16 Å². The Morgan fingerprint density at radius 2 is 2.00 bits per heavy atom. The Kier molecular flexibility index (Phi) is 2.64. The highest BCUT2D eigenvalue weighted by Gasteiger charge is 2.05.